The number of aromatic nitrogens is 1. The SMILES string of the molecule is CC(=O)c1sc(-c2ccc(OCC(=O)N[C@H]3CCCc4ccccc43)cc2)nc1C. The molecular formula is C24H24N2O3S. The molecule has 3 aromatic rings. The zero-order valence-electron chi connectivity index (χ0n) is 17.1. The molecule has 6 heteroatoms. The molecule has 0 saturated carbocycles. The molecule has 0 unspecified atom stereocenters. The first kappa shape index (κ1) is 20.3. The van der Waals surface area contributed by atoms with Crippen LogP contribution < -0.4 is 10.1 Å². The minimum atomic E-state index is -0.123. The Morgan fingerprint density at radius 2 is 1.93 bits per heavy atom. The number of carbonyl (C=O) groups is 2. The van der Waals surface area contributed by atoms with Crippen molar-refractivity contribution in [2.45, 2.75) is 39.2 Å². The van der Waals surface area contributed by atoms with Gasteiger partial charge in [-0.25, -0.2) is 4.98 Å². The second kappa shape index (κ2) is 8.79. The summed E-state index contributed by atoms with van der Waals surface area (Å²) in [6.45, 7) is 3.37. The normalized spacial score (nSPS) is 15.3. The molecule has 4 rings (SSSR count). The van der Waals surface area contributed by atoms with Crippen LogP contribution in [0.4, 0.5) is 0 Å². The van der Waals surface area contributed by atoms with Crippen LogP contribution in [0, 0.1) is 6.92 Å². The lowest BCUT2D eigenvalue weighted by Crippen LogP contribution is -2.34. The van der Waals surface area contributed by atoms with Crippen molar-refractivity contribution in [2.75, 3.05) is 6.61 Å². The van der Waals surface area contributed by atoms with Crippen molar-refractivity contribution >= 4 is 23.0 Å². The molecule has 30 heavy (non-hydrogen) atoms. The maximum atomic E-state index is 12.4. The number of benzene rings is 2. The largest absolute Gasteiger partial charge is 0.484 e. The van der Waals surface area contributed by atoms with E-state index < -0.39 is 0 Å². The van der Waals surface area contributed by atoms with Crippen molar-refractivity contribution in [3.8, 4) is 16.3 Å². The molecule has 0 radical (unpaired) electrons. The molecule has 0 bridgehead atoms. The van der Waals surface area contributed by atoms with E-state index in [2.05, 4.69) is 22.4 Å². The summed E-state index contributed by atoms with van der Waals surface area (Å²) < 4.78 is 5.67. The van der Waals surface area contributed by atoms with Gasteiger partial charge >= 0.3 is 0 Å². The van der Waals surface area contributed by atoms with Gasteiger partial charge in [-0.15, -0.1) is 11.3 Å². The topological polar surface area (TPSA) is 68.3 Å². The second-order valence-corrected chi connectivity index (χ2v) is 8.51. The van der Waals surface area contributed by atoms with Crippen LogP contribution in [-0.4, -0.2) is 23.3 Å². The van der Waals surface area contributed by atoms with Crippen LogP contribution in [0.5, 0.6) is 5.75 Å². The Morgan fingerprint density at radius 3 is 2.67 bits per heavy atom. The zero-order valence-corrected chi connectivity index (χ0v) is 17.9. The van der Waals surface area contributed by atoms with E-state index in [9.17, 15) is 9.59 Å². The van der Waals surface area contributed by atoms with Gasteiger partial charge in [0, 0.05) is 12.5 Å². The molecule has 1 aromatic heterocycles. The highest BCUT2D eigenvalue weighted by Crippen LogP contribution is 2.30. The van der Waals surface area contributed by atoms with Crippen molar-refractivity contribution in [1.82, 2.24) is 10.3 Å². The lowest BCUT2D eigenvalue weighted by Gasteiger charge is -2.26. The number of hydrogen-bond donors (Lipinski definition) is 1. The Bertz CT molecular complexity index is 1070. The van der Waals surface area contributed by atoms with Gasteiger partial charge < -0.3 is 10.1 Å². The maximum Gasteiger partial charge on any atom is 0.258 e. The van der Waals surface area contributed by atoms with E-state index in [1.807, 2.05) is 43.3 Å². The summed E-state index contributed by atoms with van der Waals surface area (Å²) in [5.41, 5.74) is 4.20. The quantitative estimate of drug-likeness (QED) is 0.576. The third-order valence-electron chi connectivity index (χ3n) is 5.29. The predicted molar refractivity (Wildman–Crippen MR) is 118 cm³/mol. The molecule has 1 amide bonds. The number of aryl methyl sites for hydroxylation is 2. The Hall–Kier alpha value is -2.99. The van der Waals surface area contributed by atoms with E-state index >= 15 is 0 Å². The first-order valence-electron chi connectivity index (χ1n) is 10.1. The van der Waals surface area contributed by atoms with Crippen LogP contribution in [-0.2, 0) is 11.2 Å². The molecule has 1 aliphatic rings. The molecular weight excluding hydrogens is 396 g/mol. The molecule has 0 fully saturated rings. The van der Waals surface area contributed by atoms with Crippen molar-refractivity contribution in [3.05, 3.63) is 70.2 Å². The second-order valence-electron chi connectivity index (χ2n) is 7.51. The molecule has 0 aliphatic heterocycles. The number of carbonyl (C=O) groups excluding carboxylic acids is 2. The summed E-state index contributed by atoms with van der Waals surface area (Å²) in [7, 11) is 0. The van der Waals surface area contributed by atoms with Gasteiger partial charge in [-0.2, -0.15) is 0 Å². The van der Waals surface area contributed by atoms with E-state index in [-0.39, 0.29) is 24.3 Å². The van der Waals surface area contributed by atoms with Crippen LogP contribution in [0.1, 0.15) is 52.3 Å². The molecule has 5 nitrogen and oxygen atoms in total. The molecule has 0 saturated heterocycles. The van der Waals surface area contributed by atoms with E-state index in [0.717, 1.165) is 35.5 Å². The maximum absolute atomic E-state index is 12.4. The highest BCUT2D eigenvalue weighted by molar-refractivity contribution is 7.17. The third kappa shape index (κ3) is 4.44. The molecule has 1 heterocycles. The highest BCUT2D eigenvalue weighted by Gasteiger charge is 2.21. The number of ketones is 1. The van der Waals surface area contributed by atoms with Crippen molar-refractivity contribution < 1.29 is 14.3 Å². The van der Waals surface area contributed by atoms with Crippen LogP contribution in [0.15, 0.2) is 48.5 Å². The molecule has 154 valence electrons. The molecule has 2 aromatic carbocycles. The van der Waals surface area contributed by atoms with Crippen LogP contribution in [0.2, 0.25) is 0 Å². The summed E-state index contributed by atoms with van der Waals surface area (Å²) >= 11 is 1.39. The average molecular weight is 421 g/mol. The molecule has 1 aliphatic carbocycles. The van der Waals surface area contributed by atoms with E-state index in [1.54, 1.807) is 6.92 Å². The fourth-order valence-corrected chi connectivity index (χ4v) is 4.80. The van der Waals surface area contributed by atoms with Crippen LogP contribution in [0.25, 0.3) is 10.6 Å². The van der Waals surface area contributed by atoms with Gasteiger partial charge in [0.1, 0.15) is 10.8 Å². The van der Waals surface area contributed by atoms with Gasteiger partial charge in [-0.1, -0.05) is 24.3 Å². The third-order valence-corrected chi connectivity index (χ3v) is 6.60. The summed E-state index contributed by atoms with van der Waals surface area (Å²) in [6, 6.07) is 15.8. The van der Waals surface area contributed by atoms with Crippen LogP contribution >= 0.6 is 11.3 Å². The summed E-state index contributed by atoms with van der Waals surface area (Å²) in [5, 5.41) is 3.90. The number of amides is 1. The number of nitrogens with zero attached hydrogens (tertiary/aromatic N) is 1. The zero-order chi connectivity index (χ0) is 21.1. The van der Waals surface area contributed by atoms with E-state index in [1.165, 1.54) is 22.5 Å². The smallest absolute Gasteiger partial charge is 0.258 e. The fourth-order valence-electron chi connectivity index (χ4n) is 3.83. The standard InChI is InChI=1S/C24H24N2O3S/c1-15-23(16(2)27)30-24(25-15)18-10-12-19(13-11-18)29-14-22(28)26-21-9-5-7-17-6-3-4-8-20(17)21/h3-4,6,8,10-13,21H,5,7,9,14H2,1-2H3,(H,26,28)/t21-/m0/s1. The summed E-state index contributed by atoms with van der Waals surface area (Å²) in [4.78, 5) is 29.2. The Kier molecular flexibility index (Phi) is 5.95. The lowest BCUT2D eigenvalue weighted by molar-refractivity contribution is -0.123. The number of thiazole rings is 1. The fraction of sp³-hybridized carbons (Fsp3) is 0.292. The summed E-state index contributed by atoms with van der Waals surface area (Å²) in [5.74, 6) is 0.531. The Morgan fingerprint density at radius 1 is 1.17 bits per heavy atom. The molecule has 1 N–H and O–H groups in total. The van der Waals surface area contributed by atoms with Gasteiger partial charge in [0.15, 0.2) is 12.4 Å². The number of Topliss-reactive ketones (excluding diaryl/α,β-unsaturated/α-hetero) is 1. The van der Waals surface area contributed by atoms with Crippen molar-refractivity contribution in [3.63, 3.8) is 0 Å². The highest BCUT2D eigenvalue weighted by atomic mass is 32.1. The first-order chi connectivity index (χ1) is 14.5. The van der Waals surface area contributed by atoms with Gasteiger partial charge in [-0.3, -0.25) is 9.59 Å². The predicted octanol–water partition coefficient (Wildman–Crippen LogP) is 4.89. The monoisotopic (exact) mass is 420 g/mol. The minimum absolute atomic E-state index is 0.0249. The molecule has 1 atom stereocenters. The van der Waals surface area contributed by atoms with Crippen molar-refractivity contribution in [1.29, 1.82) is 0 Å². The Balaban J connectivity index is 1.35. The van der Waals surface area contributed by atoms with Crippen molar-refractivity contribution in [2.24, 2.45) is 0 Å². The number of rotatable bonds is 6. The first-order valence-corrected chi connectivity index (χ1v) is 10.9. The van der Waals surface area contributed by atoms with E-state index in [0.29, 0.717) is 10.6 Å². The summed E-state index contributed by atoms with van der Waals surface area (Å²) in [6.07, 6.45) is 3.09. The number of nitrogens with one attached hydrogen (secondary N) is 1. The van der Waals surface area contributed by atoms with Gasteiger partial charge in [0.2, 0.25) is 0 Å². The molecule has 0 spiro atoms. The van der Waals surface area contributed by atoms with Gasteiger partial charge in [0.25, 0.3) is 5.91 Å². The minimum Gasteiger partial charge on any atom is -0.484 e. The number of ether oxygens (including phenoxy) is 1. The number of hydrogen-bond acceptors (Lipinski definition) is 5. The van der Waals surface area contributed by atoms with E-state index in [4.69, 9.17) is 4.74 Å². The Labute approximate surface area is 180 Å². The van der Waals surface area contributed by atoms with Gasteiger partial charge in [0.05, 0.1) is 16.6 Å². The average Bonchev–Trinajstić information content (AvgIpc) is 3.15. The van der Waals surface area contributed by atoms with Gasteiger partial charge in [-0.05, 0) is 61.6 Å². The van der Waals surface area contributed by atoms with Crippen LogP contribution in [0.3, 0.4) is 0 Å². The lowest BCUT2D eigenvalue weighted by atomic mass is 9.88. The number of fused-ring (bicyclic) bond motifs is 1.